The summed E-state index contributed by atoms with van der Waals surface area (Å²) in [6.07, 6.45) is 1.74. The predicted molar refractivity (Wildman–Crippen MR) is 66.9 cm³/mol. The molecule has 2 heterocycles. The lowest BCUT2D eigenvalue weighted by Gasteiger charge is -2.27. The summed E-state index contributed by atoms with van der Waals surface area (Å²) < 4.78 is 0. The summed E-state index contributed by atoms with van der Waals surface area (Å²) in [5, 5.41) is 6.36. The number of nitrogens with one attached hydrogen (secondary N) is 2. The number of carbonyl (C=O) groups excluding carboxylic acids is 1. The van der Waals surface area contributed by atoms with Crippen LogP contribution in [0.15, 0.2) is 18.3 Å². The molecule has 1 aliphatic rings. The highest BCUT2D eigenvalue weighted by atomic mass is 16.2. The zero-order valence-corrected chi connectivity index (χ0v) is 10.1. The van der Waals surface area contributed by atoms with E-state index in [1.807, 2.05) is 24.0 Å². The van der Waals surface area contributed by atoms with Crippen molar-refractivity contribution in [2.75, 3.05) is 38.0 Å². The smallest absolute Gasteiger partial charge is 0.241 e. The lowest BCUT2D eigenvalue weighted by molar-refractivity contribution is -0.129. The van der Waals surface area contributed by atoms with Crippen molar-refractivity contribution in [2.24, 2.45) is 0 Å². The number of hydrogen-bond donors (Lipinski definition) is 2. The molecule has 0 aliphatic carbocycles. The first-order chi connectivity index (χ1) is 8.25. The molecule has 1 aromatic heterocycles. The first-order valence-corrected chi connectivity index (χ1v) is 5.91. The summed E-state index contributed by atoms with van der Waals surface area (Å²) >= 11 is 0. The first-order valence-electron chi connectivity index (χ1n) is 5.91. The highest BCUT2D eigenvalue weighted by Crippen LogP contribution is 2.06. The van der Waals surface area contributed by atoms with E-state index in [-0.39, 0.29) is 5.91 Å². The molecule has 5 heteroatoms. The Hall–Kier alpha value is -1.62. The van der Waals surface area contributed by atoms with Crippen LogP contribution < -0.4 is 10.6 Å². The topological polar surface area (TPSA) is 57.3 Å². The predicted octanol–water partition coefficient (Wildman–Crippen LogP) is 0.234. The molecule has 0 bridgehead atoms. The van der Waals surface area contributed by atoms with E-state index >= 15 is 0 Å². The van der Waals surface area contributed by atoms with Gasteiger partial charge in [-0.15, -0.1) is 0 Å². The molecule has 0 spiro atoms. The lowest BCUT2D eigenvalue weighted by atomic mass is 10.3. The van der Waals surface area contributed by atoms with Gasteiger partial charge < -0.3 is 15.5 Å². The summed E-state index contributed by atoms with van der Waals surface area (Å²) in [5.74, 6) is 0.154. The normalized spacial score (nSPS) is 15.7. The zero-order chi connectivity index (χ0) is 12.1. The van der Waals surface area contributed by atoms with Crippen LogP contribution in [0.4, 0.5) is 5.69 Å². The summed E-state index contributed by atoms with van der Waals surface area (Å²) in [6.45, 7) is 5.67. The molecule has 2 N–H and O–H groups in total. The second-order valence-corrected chi connectivity index (χ2v) is 4.17. The van der Waals surface area contributed by atoms with Gasteiger partial charge in [0.1, 0.15) is 0 Å². The van der Waals surface area contributed by atoms with Crippen LogP contribution in [0.3, 0.4) is 0 Å². The van der Waals surface area contributed by atoms with E-state index in [1.54, 1.807) is 6.20 Å². The van der Waals surface area contributed by atoms with Gasteiger partial charge in [-0.25, -0.2) is 0 Å². The molecule has 0 unspecified atom stereocenters. The Bertz CT molecular complexity index is 388. The van der Waals surface area contributed by atoms with Gasteiger partial charge >= 0.3 is 0 Å². The number of anilines is 1. The number of rotatable bonds is 3. The molecule has 1 aromatic rings. The second-order valence-electron chi connectivity index (χ2n) is 4.17. The van der Waals surface area contributed by atoms with Gasteiger partial charge in [-0.05, 0) is 19.1 Å². The first kappa shape index (κ1) is 11.9. The van der Waals surface area contributed by atoms with Crippen LogP contribution in [-0.4, -0.2) is 48.5 Å². The molecule has 2 rings (SSSR count). The van der Waals surface area contributed by atoms with Gasteiger partial charge in [-0.1, -0.05) is 0 Å². The largest absolute Gasteiger partial charge is 0.376 e. The van der Waals surface area contributed by atoms with Crippen molar-refractivity contribution >= 4 is 11.6 Å². The molecular weight excluding hydrogens is 216 g/mol. The van der Waals surface area contributed by atoms with Gasteiger partial charge in [0, 0.05) is 43.8 Å². The van der Waals surface area contributed by atoms with Crippen molar-refractivity contribution in [1.29, 1.82) is 0 Å². The Morgan fingerprint density at radius 1 is 1.53 bits per heavy atom. The monoisotopic (exact) mass is 234 g/mol. The van der Waals surface area contributed by atoms with Crippen molar-refractivity contribution in [1.82, 2.24) is 15.2 Å². The fourth-order valence-electron chi connectivity index (χ4n) is 1.86. The molecule has 1 amide bonds. The van der Waals surface area contributed by atoms with Crippen molar-refractivity contribution in [2.45, 2.75) is 6.92 Å². The average molecular weight is 234 g/mol. The van der Waals surface area contributed by atoms with Crippen LogP contribution in [0.25, 0.3) is 0 Å². The Kier molecular flexibility index (Phi) is 3.93. The molecule has 5 nitrogen and oxygen atoms in total. The Morgan fingerprint density at radius 3 is 3.00 bits per heavy atom. The van der Waals surface area contributed by atoms with E-state index in [2.05, 4.69) is 15.6 Å². The van der Waals surface area contributed by atoms with Crippen molar-refractivity contribution in [3.8, 4) is 0 Å². The van der Waals surface area contributed by atoms with Gasteiger partial charge in [0.15, 0.2) is 0 Å². The van der Waals surface area contributed by atoms with Gasteiger partial charge in [0.2, 0.25) is 5.91 Å². The highest BCUT2D eigenvalue weighted by molar-refractivity contribution is 5.81. The molecule has 0 radical (unpaired) electrons. The minimum absolute atomic E-state index is 0.154. The number of hydrogen-bond acceptors (Lipinski definition) is 4. The summed E-state index contributed by atoms with van der Waals surface area (Å²) in [5.41, 5.74) is 1.89. The zero-order valence-electron chi connectivity index (χ0n) is 10.1. The van der Waals surface area contributed by atoms with Crippen LogP contribution in [-0.2, 0) is 4.79 Å². The van der Waals surface area contributed by atoms with E-state index in [9.17, 15) is 4.79 Å². The van der Waals surface area contributed by atoms with Crippen LogP contribution in [0.1, 0.15) is 5.69 Å². The SMILES string of the molecule is Cc1cc(NCC(=O)N2CCNCC2)ccn1. The van der Waals surface area contributed by atoms with E-state index in [1.165, 1.54) is 0 Å². The molecule has 0 aromatic carbocycles. The number of pyridine rings is 1. The molecule has 1 aliphatic heterocycles. The maximum absolute atomic E-state index is 11.9. The van der Waals surface area contributed by atoms with Gasteiger partial charge in [-0.2, -0.15) is 0 Å². The highest BCUT2D eigenvalue weighted by Gasteiger charge is 2.15. The summed E-state index contributed by atoms with van der Waals surface area (Å²) in [7, 11) is 0. The molecule has 0 atom stereocenters. The molecular formula is C12H18N4O. The quantitative estimate of drug-likeness (QED) is 0.786. The van der Waals surface area contributed by atoms with Crippen LogP contribution in [0.5, 0.6) is 0 Å². The lowest BCUT2D eigenvalue weighted by Crippen LogP contribution is -2.48. The standard InChI is InChI=1S/C12H18N4O/c1-10-8-11(2-3-14-10)15-9-12(17)16-6-4-13-5-7-16/h2-3,8,13H,4-7,9H2,1H3,(H,14,15). The average Bonchev–Trinajstić information content (AvgIpc) is 2.37. The number of carbonyl (C=O) groups is 1. The maximum Gasteiger partial charge on any atom is 0.241 e. The number of amides is 1. The summed E-state index contributed by atoms with van der Waals surface area (Å²) in [4.78, 5) is 17.9. The maximum atomic E-state index is 11.9. The van der Waals surface area contributed by atoms with E-state index in [0.29, 0.717) is 6.54 Å². The van der Waals surface area contributed by atoms with Crippen LogP contribution >= 0.6 is 0 Å². The van der Waals surface area contributed by atoms with Crippen molar-refractivity contribution < 1.29 is 4.79 Å². The molecule has 0 saturated carbocycles. The number of aromatic nitrogens is 1. The molecule has 17 heavy (non-hydrogen) atoms. The summed E-state index contributed by atoms with van der Waals surface area (Å²) in [6, 6.07) is 3.81. The third-order valence-electron chi connectivity index (χ3n) is 2.81. The third-order valence-corrected chi connectivity index (χ3v) is 2.81. The van der Waals surface area contributed by atoms with Gasteiger partial charge in [-0.3, -0.25) is 9.78 Å². The van der Waals surface area contributed by atoms with Crippen LogP contribution in [0, 0.1) is 6.92 Å². The fourth-order valence-corrected chi connectivity index (χ4v) is 1.86. The number of aryl methyl sites for hydroxylation is 1. The van der Waals surface area contributed by atoms with Crippen LogP contribution in [0.2, 0.25) is 0 Å². The fraction of sp³-hybridized carbons (Fsp3) is 0.500. The van der Waals surface area contributed by atoms with Gasteiger partial charge in [0.05, 0.1) is 6.54 Å². The van der Waals surface area contributed by atoms with Crippen molar-refractivity contribution in [3.63, 3.8) is 0 Å². The third kappa shape index (κ3) is 3.42. The Balaban J connectivity index is 1.83. The van der Waals surface area contributed by atoms with E-state index < -0.39 is 0 Å². The minimum Gasteiger partial charge on any atom is -0.376 e. The van der Waals surface area contributed by atoms with E-state index in [0.717, 1.165) is 37.6 Å². The van der Waals surface area contributed by atoms with Gasteiger partial charge in [0.25, 0.3) is 0 Å². The molecule has 1 fully saturated rings. The number of piperazine rings is 1. The Morgan fingerprint density at radius 2 is 2.29 bits per heavy atom. The Labute approximate surface area is 101 Å². The second kappa shape index (κ2) is 5.63. The number of nitrogens with zero attached hydrogens (tertiary/aromatic N) is 2. The van der Waals surface area contributed by atoms with E-state index in [4.69, 9.17) is 0 Å². The minimum atomic E-state index is 0.154. The van der Waals surface area contributed by atoms with Crippen molar-refractivity contribution in [3.05, 3.63) is 24.0 Å². The molecule has 92 valence electrons. The molecule has 1 saturated heterocycles.